The molecule has 0 spiro atoms. The lowest BCUT2D eigenvalue weighted by Crippen LogP contribution is -1.72. The standard InChI is InChI=1S/C23H38O/c1-2-3-4-5-6-7-8-9-10-11-12-13-14-15-16-17-18-19-20-21-22-23-24/h5-6,9-10,13-14,17-18,21-22,24H,2-4,7-8,11-12,15-16,19-20,23H2,1H3. The van der Waals surface area contributed by atoms with Crippen molar-refractivity contribution in [1.29, 1.82) is 0 Å². The van der Waals surface area contributed by atoms with E-state index < -0.39 is 0 Å². The highest BCUT2D eigenvalue weighted by Gasteiger charge is 1.82. The highest BCUT2D eigenvalue weighted by atomic mass is 16.2. The molecule has 0 aromatic rings. The van der Waals surface area contributed by atoms with Gasteiger partial charge in [0.1, 0.15) is 0 Å². The summed E-state index contributed by atoms with van der Waals surface area (Å²) in [5.41, 5.74) is 0. The van der Waals surface area contributed by atoms with Crippen molar-refractivity contribution in [3.63, 3.8) is 0 Å². The summed E-state index contributed by atoms with van der Waals surface area (Å²) in [6.07, 6.45) is 35.0. The van der Waals surface area contributed by atoms with Crippen molar-refractivity contribution in [2.75, 3.05) is 6.61 Å². The molecular weight excluding hydrogens is 292 g/mol. The molecule has 0 aliphatic heterocycles. The Kier molecular flexibility index (Phi) is 20.5. The first-order chi connectivity index (χ1) is 11.9. The third-order valence-electron chi connectivity index (χ3n) is 3.66. The largest absolute Gasteiger partial charge is 0.392 e. The van der Waals surface area contributed by atoms with Crippen LogP contribution in [0.4, 0.5) is 0 Å². The molecule has 0 atom stereocenters. The van der Waals surface area contributed by atoms with Gasteiger partial charge in [-0.2, -0.15) is 0 Å². The topological polar surface area (TPSA) is 20.2 Å². The van der Waals surface area contributed by atoms with Gasteiger partial charge in [0.15, 0.2) is 0 Å². The summed E-state index contributed by atoms with van der Waals surface area (Å²) >= 11 is 0. The third-order valence-corrected chi connectivity index (χ3v) is 3.66. The molecule has 0 bridgehead atoms. The summed E-state index contributed by atoms with van der Waals surface area (Å²) in [4.78, 5) is 0. The molecule has 0 unspecified atom stereocenters. The van der Waals surface area contributed by atoms with Crippen LogP contribution in [0.2, 0.25) is 0 Å². The second kappa shape index (κ2) is 21.7. The Morgan fingerprint density at radius 1 is 0.458 bits per heavy atom. The van der Waals surface area contributed by atoms with Crippen LogP contribution in [0, 0.1) is 0 Å². The lowest BCUT2D eigenvalue weighted by molar-refractivity contribution is 0.342. The molecule has 1 N–H and O–H groups in total. The van der Waals surface area contributed by atoms with Crippen LogP contribution in [0.25, 0.3) is 0 Å². The van der Waals surface area contributed by atoms with Gasteiger partial charge in [0.2, 0.25) is 0 Å². The van der Waals surface area contributed by atoms with E-state index >= 15 is 0 Å². The minimum absolute atomic E-state index is 0.153. The molecule has 0 heterocycles. The van der Waals surface area contributed by atoms with Gasteiger partial charge in [0.25, 0.3) is 0 Å². The van der Waals surface area contributed by atoms with Crippen LogP contribution < -0.4 is 0 Å². The molecule has 1 heteroatoms. The van der Waals surface area contributed by atoms with Gasteiger partial charge >= 0.3 is 0 Å². The van der Waals surface area contributed by atoms with Gasteiger partial charge in [-0.3, -0.25) is 0 Å². The maximum Gasteiger partial charge on any atom is 0.0612 e. The van der Waals surface area contributed by atoms with Crippen molar-refractivity contribution >= 4 is 0 Å². The van der Waals surface area contributed by atoms with E-state index in [1.54, 1.807) is 6.08 Å². The monoisotopic (exact) mass is 330 g/mol. The fraction of sp³-hybridized carbons (Fsp3) is 0.565. The van der Waals surface area contributed by atoms with Crippen molar-refractivity contribution in [3.05, 3.63) is 60.8 Å². The Balaban J connectivity index is 3.34. The van der Waals surface area contributed by atoms with Crippen LogP contribution in [-0.4, -0.2) is 11.7 Å². The molecule has 1 nitrogen and oxygen atoms in total. The Labute approximate surface area is 150 Å². The molecule has 0 aromatic carbocycles. The smallest absolute Gasteiger partial charge is 0.0612 e. The molecule has 0 saturated heterocycles. The number of unbranched alkanes of at least 4 members (excludes halogenated alkanes) is 6. The molecule has 0 aromatic heterocycles. The average Bonchev–Trinajstić information content (AvgIpc) is 2.60. The highest BCUT2D eigenvalue weighted by molar-refractivity contribution is 4.93. The summed E-state index contributed by atoms with van der Waals surface area (Å²) in [5.74, 6) is 0. The number of aliphatic hydroxyl groups is 1. The Hall–Kier alpha value is -1.34. The average molecular weight is 331 g/mol. The van der Waals surface area contributed by atoms with E-state index in [0.717, 1.165) is 38.5 Å². The van der Waals surface area contributed by atoms with E-state index in [0.29, 0.717) is 0 Å². The third kappa shape index (κ3) is 20.7. The van der Waals surface area contributed by atoms with E-state index in [-0.39, 0.29) is 6.61 Å². The summed E-state index contributed by atoms with van der Waals surface area (Å²) < 4.78 is 0. The predicted octanol–water partition coefficient (Wildman–Crippen LogP) is 7.07. The molecular formula is C23H38O. The number of hydrogen-bond donors (Lipinski definition) is 1. The molecule has 0 rings (SSSR count). The van der Waals surface area contributed by atoms with Gasteiger partial charge in [-0.15, -0.1) is 0 Å². The van der Waals surface area contributed by atoms with Crippen molar-refractivity contribution in [2.45, 2.75) is 77.6 Å². The van der Waals surface area contributed by atoms with Crippen molar-refractivity contribution in [1.82, 2.24) is 0 Å². The Bertz CT molecular complexity index is 371. The molecule has 0 aliphatic carbocycles. The summed E-state index contributed by atoms with van der Waals surface area (Å²) in [6, 6.07) is 0. The summed E-state index contributed by atoms with van der Waals surface area (Å²) in [5, 5.41) is 8.60. The van der Waals surface area contributed by atoms with E-state index in [4.69, 9.17) is 5.11 Å². The molecule has 0 fully saturated rings. The summed E-state index contributed by atoms with van der Waals surface area (Å²) in [6.45, 7) is 2.39. The van der Waals surface area contributed by atoms with Gasteiger partial charge in [0.05, 0.1) is 6.61 Å². The summed E-state index contributed by atoms with van der Waals surface area (Å²) in [7, 11) is 0. The van der Waals surface area contributed by atoms with Crippen LogP contribution in [0.5, 0.6) is 0 Å². The van der Waals surface area contributed by atoms with Crippen LogP contribution in [0.3, 0.4) is 0 Å². The zero-order valence-corrected chi connectivity index (χ0v) is 15.7. The van der Waals surface area contributed by atoms with E-state index in [9.17, 15) is 0 Å². The molecule has 0 saturated carbocycles. The van der Waals surface area contributed by atoms with Crippen molar-refractivity contribution in [2.24, 2.45) is 0 Å². The second-order valence-corrected chi connectivity index (χ2v) is 5.99. The first kappa shape index (κ1) is 22.7. The van der Waals surface area contributed by atoms with Crippen molar-refractivity contribution in [3.8, 4) is 0 Å². The number of aliphatic hydroxyl groups excluding tert-OH is 1. The maximum atomic E-state index is 8.60. The van der Waals surface area contributed by atoms with Gasteiger partial charge in [-0.05, 0) is 57.8 Å². The van der Waals surface area contributed by atoms with Gasteiger partial charge < -0.3 is 5.11 Å². The second-order valence-electron chi connectivity index (χ2n) is 5.99. The number of rotatable bonds is 16. The van der Waals surface area contributed by atoms with E-state index in [2.05, 4.69) is 55.5 Å². The van der Waals surface area contributed by atoms with Crippen LogP contribution in [0.15, 0.2) is 60.8 Å². The van der Waals surface area contributed by atoms with Gasteiger partial charge in [-0.25, -0.2) is 0 Å². The normalized spacial score (nSPS) is 12.9. The lowest BCUT2D eigenvalue weighted by atomic mass is 10.2. The molecule has 0 radical (unpaired) electrons. The fourth-order valence-corrected chi connectivity index (χ4v) is 2.23. The molecule has 24 heavy (non-hydrogen) atoms. The fourth-order valence-electron chi connectivity index (χ4n) is 2.23. The maximum absolute atomic E-state index is 8.60. The predicted molar refractivity (Wildman–Crippen MR) is 109 cm³/mol. The molecule has 136 valence electrons. The van der Waals surface area contributed by atoms with Crippen LogP contribution in [0.1, 0.15) is 77.6 Å². The van der Waals surface area contributed by atoms with Gasteiger partial charge in [0, 0.05) is 0 Å². The Morgan fingerprint density at radius 3 is 1.04 bits per heavy atom. The first-order valence-corrected chi connectivity index (χ1v) is 9.77. The van der Waals surface area contributed by atoms with E-state index in [1.807, 2.05) is 6.08 Å². The molecule has 0 amide bonds. The van der Waals surface area contributed by atoms with E-state index in [1.165, 1.54) is 32.1 Å². The van der Waals surface area contributed by atoms with Crippen LogP contribution >= 0.6 is 0 Å². The van der Waals surface area contributed by atoms with Gasteiger partial charge in [-0.1, -0.05) is 80.5 Å². The minimum Gasteiger partial charge on any atom is -0.392 e. The number of hydrogen-bond acceptors (Lipinski definition) is 1. The number of allylic oxidation sites excluding steroid dienone is 9. The highest BCUT2D eigenvalue weighted by Crippen LogP contribution is 2.02. The lowest BCUT2D eigenvalue weighted by Gasteiger charge is -1.91. The Morgan fingerprint density at radius 2 is 0.750 bits per heavy atom. The van der Waals surface area contributed by atoms with Crippen LogP contribution in [-0.2, 0) is 0 Å². The molecule has 0 aliphatic rings. The first-order valence-electron chi connectivity index (χ1n) is 9.77. The SMILES string of the molecule is CCCCC=CCCC=CCCC=CCCC=CCCC=CCO. The zero-order chi connectivity index (χ0) is 17.6. The van der Waals surface area contributed by atoms with Crippen molar-refractivity contribution < 1.29 is 5.11 Å². The quantitative estimate of drug-likeness (QED) is 0.237. The minimum atomic E-state index is 0.153. The zero-order valence-electron chi connectivity index (χ0n) is 15.7.